The minimum absolute atomic E-state index is 0.141. The van der Waals surface area contributed by atoms with Crippen LogP contribution in [0.25, 0.3) is 0 Å². The van der Waals surface area contributed by atoms with Crippen LogP contribution in [0.3, 0.4) is 0 Å². The van der Waals surface area contributed by atoms with E-state index < -0.39 is 35.6 Å². The first-order valence-corrected chi connectivity index (χ1v) is 9.92. The fraction of sp³-hybridized carbons (Fsp3) is 0.522. The molecule has 3 amide bonds. The number of carbonyl (C=O) groups excluding carboxylic acids is 3. The molecular formula is C23H33N3O4. The van der Waals surface area contributed by atoms with E-state index in [9.17, 15) is 14.4 Å². The number of nitrogens with zero attached hydrogens (tertiary/aromatic N) is 1. The van der Waals surface area contributed by atoms with Crippen LogP contribution in [0.4, 0.5) is 4.79 Å². The van der Waals surface area contributed by atoms with Gasteiger partial charge in [0.05, 0.1) is 0 Å². The Hall–Kier alpha value is -3.01. The zero-order valence-electron chi connectivity index (χ0n) is 19.1. The number of benzene rings is 1. The summed E-state index contributed by atoms with van der Waals surface area (Å²) in [5.74, 6) is -0.989. The second-order valence-corrected chi connectivity index (χ2v) is 8.69. The maximum atomic E-state index is 13.1. The summed E-state index contributed by atoms with van der Waals surface area (Å²) in [6.45, 7) is 14.1. The standard InChI is InChI=1S/C23H33N3O4/c1-10-26(21(28)17(6)25-22(29)30-23(7,8)9)19(20(27)24-14(2)3)18-12-15(4)11-16(5)13-18/h1,11-14,17,19H,2-9H3,(H,24,27)(H,25,29). The number of alkyl carbamates (subject to hydrolysis) is 1. The predicted molar refractivity (Wildman–Crippen MR) is 116 cm³/mol. The maximum absolute atomic E-state index is 13.1. The molecular weight excluding hydrogens is 382 g/mol. The number of carbonyl (C=O) groups is 3. The van der Waals surface area contributed by atoms with E-state index in [1.54, 1.807) is 20.8 Å². The van der Waals surface area contributed by atoms with Crippen molar-refractivity contribution in [3.05, 3.63) is 34.9 Å². The van der Waals surface area contributed by atoms with Gasteiger partial charge in [-0.1, -0.05) is 35.7 Å². The summed E-state index contributed by atoms with van der Waals surface area (Å²) < 4.78 is 5.20. The molecule has 0 radical (unpaired) electrons. The van der Waals surface area contributed by atoms with Gasteiger partial charge in [-0.15, -0.1) is 0 Å². The Balaban J connectivity index is 3.25. The summed E-state index contributed by atoms with van der Waals surface area (Å²) >= 11 is 0. The second kappa shape index (κ2) is 10.1. The molecule has 0 aliphatic heterocycles. The summed E-state index contributed by atoms with van der Waals surface area (Å²) in [4.78, 5) is 39.2. The smallest absolute Gasteiger partial charge is 0.408 e. The first kappa shape index (κ1) is 25.0. The normalized spacial score (nSPS) is 13.1. The monoisotopic (exact) mass is 415 g/mol. The van der Waals surface area contributed by atoms with Gasteiger partial charge in [-0.2, -0.15) is 0 Å². The minimum Gasteiger partial charge on any atom is -0.444 e. The number of hydrogen-bond acceptors (Lipinski definition) is 4. The molecule has 7 nitrogen and oxygen atoms in total. The van der Waals surface area contributed by atoms with Crippen molar-refractivity contribution < 1.29 is 19.1 Å². The largest absolute Gasteiger partial charge is 0.444 e. The van der Waals surface area contributed by atoms with Gasteiger partial charge in [0.2, 0.25) is 5.91 Å². The number of terminal acetylenes is 1. The molecule has 1 aromatic rings. The van der Waals surface area contributed by atoms with Gasteiger partial charge in [0.25, 0.3) is 5.91 Å². The van der Waals surface area contributed by atoms with Crippen molar-refractivity contribution in [3.8, 4) is 12.5 Å². The highest BCUT2D eigenvalue weighted by Gasteiger charge is 2.34. The molecule has 164 valence electrons. The third-order valence-corrected chi connectivity index (χ3v) is 3.98. The Morgan fingerprint density at radius 2 is 1.57 bits per heavy atom. The van der Waals surface area contributed by atoms with Crippen LogP contribution < -0.4 is 10.6 Å². The fourth-order valence-corrected chi connectivity index (χ4v) is 2.97. The SMILES string of the molecule is C#CN(C(=O)C(C)NC(=O)OC(C)(C)C)C(C(=O)NC(C)C)c1cc(C)cc(C)c1. The number of amides is 3. The maximum Gasteiger partial charge on any atom is 0.408 e. The highest BCUT2D eigenvalue weighted by molar-refractivity contribution is 5.93. The molecule has 0 heterocycles. The highest BCUT2D eigenvalue weighted by Crippen LogP contribution is 2.24. The van der Waals surface area contributed by atoms with E-state index in [-0.39, 0.29) is 6.04 Å². The Kier molecular flexibility index (Phi) is 8.47. The Morgan fingerprint density at radius 1 is 1.03 bits per heavy atom. The molecule has 1 aromatic carbocycles. The molecule has 30 heavy (non-hydrogen) atoms. The third kappa shape index (κ3) is 7.43. The lowest BCUT2D eigenvalue weighted by atomic mass is 9.99. The van der Waals surface area contributed by atoms with Crippen LogP contribution in [-0.2, 0) is 14.3 Å². The molecule has 7 heteroatoms. The second-order valence-electron chi connectivity index (χ2n) is 8.69. The van der Waals surface area contributed by atoms with Gasteiger partial charge < -0.3 is 15.4 Å². The quantitative estimate of drug-likeness (QED) is 0.552. The summed E-state index contributed by atoms with van der Waals surface area (Å²) in [6.07, 6.45) is 4.92. The molecule has 0 fully saturated rings. The van der Waals surface area contributed by atoms with Crippen molar-refractivity contribution in [2.45, 2.75) is 79.1 Å². The van der Waals surface area contributed by atoms with Crippen molar-refractivity contribution in [2.75, 3.05) is 0 Å². The van der Waals surface area contributed by atoms with E-state index in [0.717, 1.165) is 16.0 Å². The highest BCUT2D eigenvalue weighted by atomic mass is 16.6. The average molecular weight is 416 g/mol. The van der Waals surface area contributed by atoms with Crippen LogP contribution in [0, 0.1) is 26.3 Å². The number of nitrogens with one attached hydrogen (secondary N) is 2. The van der Waals surface area contributed by atoms with Gasteiger partial charge in [0.1, 0.15) is 17.7 Å². The first-order chi connectivity index (χ1) is 13.7. The summed E-state index contributed by atoms with van der Waals surface area (Å²) in [7, 11) is 0. The Morgan fingerprint density at radius 3 is 2.00 bits per heavy atom. The van der Waals surface area contributed by atoms with Crippen molar-refractivity contribution in [1.82, 2.24) is 15.5 Å². The van der Waals surface area contributed by atoms with Crippen LogP contribution in [-0.4, -0.2) is 40.5 Å². The molecule has 2 unspecified atom stereocenters. The zero-order chi connectivity index (χ0) is 23.2. The molecule has 0 aromatic heterocycles. The third-order valence-electron chi connectivity index (χ3n) is 3.98. The van der Waals surface area contributed by atoms with Gasteiger partial charge in [0.15, 0.2) is 0 Å². The molecule has 0 saturated carbocycles. The topological polar surface area (TPSA) is 87.7 Å². The van der Waals surface area contributed by atoms with Crippen LogP contribution in [0.1, 0.15) is 64.3 Å². The van der Waals surface area contributed by atoms with Crippen molar-refractivity contribution in [1.29, 1.82) is 0 Å². The summed E-state index contributed by atoms with van der Waals surface area (Å²) in [6, 6.07) is 5.77. The lowest BCUT2D eigenvalue weighted by Crippen LogP contribution is -2.50. The summed E-state index contributed by atoms with van der Waals surface area (Å²) in [5.41, 5.74) is 1.77. The van der Waals surface area contributed by atoms with Crippen LogP contribution in [0.5, 0.6) is 0 Å². The molecule has 0 saturated heterocycles. The van der Waals surface area contributed by atoms with Crippen LogP contribution in [0.2, 0.25) is 0 Å². The molecule has 0 aliphatic carbocycles. The van der Waals surface area contributed by atoms with Crippen molar-refractivity contribution >= 4 is 17.9 Å². The molecule has 2 N–H and O–H groups in total. The van der Waals surface area contributed by atoms with Crippen LogP contribution >= 0.6 is 0 Å². The molecule has 0 aliphatic rings. The van der Waals surface area contributed by atoms with E-state index in [0.29, 0.717) is 5.56 Å². The number of hydrogen-bond donors (Lipinski definition) is 2. The van der Waals surface area contributed by atoms with Crippen LogP contribution in [0.15, 0.2) is 18.2 Å². The fourth-order valence-electron chi connectivity index (χ4n) is 2.97. The average Bonchev–Trinajstić information content (AvgIpc) is 2.55. The van der Waals surface area contributed by atoms with Gasteiger partial charge in [-0.3, -0.25) is 14.5 Å². The van der Waals surface area contributed by atoms with Gasteiger partial charge >= 0.3 is 6.09 Å². The first-order valence-electron chi connectivity index (χ1n) is 9.92. The minimum atomic E-state index is -1.04. The van der Waals surface area contributed by atoms with E-state index >= 15 is 0 Å². The Bertz CT molecular complexity index is 814. The lowest BCUT2D eigenvalue weighted by molar-refractivity contribution is -0.138. The molecule has 1 rings (SSSR count). The number of ether oxygens (including phenoxy) is 1. The van der Waals surface area contributed by atoms with E-state index in [1.807, 2.05) is 45.9 Å². The van der Waals surface area contributed by atoms with Gasteiger partial charge in [0, 0.05) is 12.1 Å². The molecule has 2 atom stereocenters. The number of rotatable bonds is 6. The lowest BCUT2D eigenvalue weighted by Gasteiger charge is -2.30. The Labute approximate surface area is 179 Å². The number of aryl methyl sites for hydroxylation is 2. The van der Waals surface area contributed by atoms with Gasteiger partial charge in [-0.25, -0.2) is 4.79 Å². The van der Waals surface area contributed by atoms with E-state index in [1.165, 1.54) is 6.92 Å². The van der Waals surface area contributed by atoms with Gasteiger partial charge in [-0.05, 0) is 61.0 Å². The van der Waals surface area contributed by atoms with Crippen molar-refractivity contribution in [2.24, 2.45) is 0 Å². The zero-order valence-corrected chi connectivity index (χ0v) is 19.1. The van der Waals surface area contributed by atoms with E-state index in [4.69, 9.17) is 11.2 Å². The predicted octanol–water partition coefficient (Wildman–Crippen LogP) is 3.20. The van der Waals surface area contributed by atoms with E-state index in [2.05, 4.69) is 16.7 Å². The summed E-state index contributed by atoms with van der Waals surface area (Å²) in [5, 5.41) is 5.30. The molecule has 0 spiro atoms. The molecule has 0 bridgehead atoms. The van der Waals surface area contributed by atoms with Crippen molar-refractivity contribution in [3.63, 3.8) is 0 Å².